The molecule has 2 N–H and O–H groups in total. The van der Waals surface area contributed by atoms with E-state index in [2.05, 4.69) is 51.7 Å². The summed E-state index contributed by atoms with van der Waals surface area (Å²) in [6, 6.07) is 16.7. The fourth-order valence-electron chi connectivity index (χ4n) is 6.54. The molecule has 41 heavy (non-hydrogen) atoms. The number of benzene rings is 2. The maximum absolute atomic E-state index is 13.6. The smallest absolute Gasteiger partial charge is 0.254 e. The number of hydrogen-bond donors (Lipinski definition) is 1. The predicted octanol–water partition coefficient (Wildman–Crippen LogP) is 5.05. The Morgan fingerprint density at radius 2 is 1.83 bits per heavy atom. The molecule has 5 aromatic rings. The highest BCUT2D eigenvalue weighted by molar-refractivity contribution is 6.00. The minimum absolute atomic E-state index is 0.0157. The van der Waals surface area contributed by atoms with Crippen LogP contribution in [-0.4, -0.2) is 60.9 Å². The van der Waals surface area contributed by atoms with Crippen LogP contribution in [0.25, 0.3) is 33.5 Å². The van der Waals surface area contributed by atoms with Crippen molar-refractivity contribution in [1.82, 2.24) is 28.8 Å². The average Bonchev–Trinajstić information content (AvgIpc) is 3.69. The molecule has 9 nitrogen and oxygen atoms in total. The van der Waals surface area contributed by atoms with Crippen molar-refractivity contribution in [1.29, 1.82) is 0 Å². The molecule has 1 atom stereocenters. The maximum Gasteiger partial charge on any atom is 0.254 e. The molecule has 7 rings (SSSR count). The van der Waals surface area contributed by atoms with Crippen molar-refractivity contribution >= 4 is 27.8 Å². The van der Waals surface area contributed by atoms with Crippen molar-refractivity contribution in [3.05, 3.63) is 66.0 Å². The van der Waals surface area contributed by atoms with Crippen LogP contribution in [0.2, 0.25) is 0 Å². The number of methoxy groups -OCH3 is 1. The molecule has 1 saturated heterocycles. The number of carbonyl (C=O) groups is 1. The Hall–Kier alpha value is -4.11. The Morgan fingerprint density at radius 3 is 2.68 bits per heavy atom. The van der Waals surface area contributed by atoms with Crippen LogP contribution in [0.1, 0.15) is 54.6 Å². The molecule has 212 valence electrons. The summed E-state index contributed by atoms with van der Waals surface area (Å²) in [7, 11) is 1.66. The number of imidazole rings is 1. The van der Waals surface area contributed by atoms with Crippen molar-refractivity contribution < 1.29 is 9.53 Å². The summed E-state index contributed by atoms with van der Waals surface area (Å²) in [6.07, 6.45) is 8.49. The number of nitrogens with two attached hydrogens (primary N) is 1. The molecular weight excluding hydrogens is 514 g/mol. The van der Waals surface area contributed by atoms with E-state index >= 15 is 0 Å². The number of fused-ring (bicyclic) bond motifs is 9. The zero-order chi connectivity index (χ0) is 27.9. The highest BCUT2D eigenvalue weighted by Gasteiger charge is 2.26. The van der Waals surface area contributed by atoms with E-state index in [0.29, 0.717) is 24.4 Å². The largest absolute Gasteiger partial charge is 0.494 e. The number of hydrogen-bond acceptors (Lipinski definition) is 5. The second kappa shape index (κ2) is 10.7. The van der Waals surface area contributed by atoms with Crippen LogP contribution in [0.5, 0.6) is 5.75 Å². The Balaban J connectivity index is 1.43. The minimum Gasteiger partial charge on any atom is -0.494 e. The number of amides is 1. The lowest BCUT2D eigenvalue weighted by atomic mass is 10.0. The summed E-state index contributed by atoms with van der Waals surface area (Å²) in [5.74, 6) is 1.46. The van der Waals surface area contributed by atoms with Crippen LogP contribution in [-0.2, 0) is 19.6 Å². The van der Waals surface area contributed by atoms with E-state index in [9.17, 15) is 4.79 Å². The van der Waals surface area contributed by atoms with Crippen LogP contribution in [0, 0.1) is 0 Å². The molecule has 0 unspecified atom stereocenters. The fourth-order valence-corrected chi connectivity index (χ4v) is 6.54. The first-order valence-electron chi connectivity index (χ1n) is 14.8. The van der Waals surface area contributed by atoms with Crippen LogP contribution in [0.15, 0.2) is 54.7 Å². The number of aryl methyl sites for hydroxylation is 2. The number of likely N-dealkylation sites (tertiary alicyclic amines) is 1. The second-order valence-electron chi connectivity index (χ2n) is 11.4. The van der Waals surface area contributed by atoms with Crippen molar-refractivity contribution in [3.63, 3.8) is 0 Å². The molecule has 1 amide bonds. The van der Waals surface area contributed by atoms with Gasteiger partial charge in [-0.15, -0.1) is 0 Å². The van der Waals surface area contributed by atoms with Gasteiger partial charge in [-0.3, -0.25) is 9.48 Å². The first-order chi connectivity index (χ1) is 20.1. The Kier molecular flexibility index (Phi) is 6.74. The van der Waals surface area contributed by atoms with Crippen molar-refractivity contribution in [2.45, 2.75) is 64.2 Å². The van der Waals surface area contributed by atoms with E-state index < -0.39 is 0 Å². The van der Waals surface area contributed by atoms with Gasteiger partial charge in [-0.05, 0) is 56.0 Å². The monoisotopic (exact) mass is 551 g/mol. The maximum atomic E-state index is 13.6. The van der Waals surface area contributed by atoms with E-state index in [-0.39, 0.29) is 11.9 Å². The van der Waals surface area contributed by atoms with Crippen molar-refractivity contribution in [3.8, 4) is 17.3 Å². The third-order valence-electron chi connectivity index (χ3n) is 8.59. The Morgan fingerprint density at radius 1 is 0.976 bits per heavy atom. The average molecular weight is 552 g/mol. The Labute approximate surface area is 239 Å². The van der Waals surface area contributed by atoms with Gasteiger partial charge in [0.05, 0.1) is 30.6 Å². The molecule has 2 aromatic carbocycles. The molecule has 2 aliphatic heterocycles. The van der Waals surface area contributed by atoms with Gasteiger partial charge in [-0.2, -0.15) is 5.10 Å². The number of piperidine rings is 1. The number of nitrogens with zero attached hydrogens (tertiary/aromatic N) is 6. The highest BCUT2D eigenvalue weighted by Crippen LogP contribution is 2.36. The first kappa shape index (κ1) is 25.8. The van der Waals surface area contributed by atoms with Crippen LogP contribution in [0.4, 0.5) is 0 Å². The van der Waals surface area contributed by atoms with Crippen molar-refractivity contribution in [2.75, 3.05) is 20.2 Å². The van der Waals surface area contributed by atoms with E-state index in [4.69, 9.17) is 20.6 Å². The molecule has 2 aliphatic rings. The lowest BCUT2D eigenvalue weighted by molar-refractivity contribution is 0.0708. The van der Waals surface area contributed by atoms with Gasteiger partial charge < -0.3 is 24.5 Å². The third kappa shape index (κ3) is 4.78. The van der Waals surface area contributed by atoms with Gasteiger partial charge >= 0.3 is 0 Å². The molecule has 5 heterocycles. The van der Waals surface area contributed by atoms with Crippen LogP contribution in [0.3, 0.4) is 0 Å². The third-order valence-corrected chi connectivity index (χ3v) is 8.59. The first-order valence-corrected chi connectivity index (χ1v) is 14.8. The molecule has 1 fully saturated rings. The van der Waals surface area contributed by atoms with E-state index in [1.54, 1.807) is 7.11 Å². The van der Waals surface area contributed by atoms with Gasteiger partial charge in [0.25, 0.3) is 5.91 Å². The minimum atomic E-state index is -0.0253. The van der Waals surface area contributed by atoms with E-state index in [1.807, 2.05) is 21.7 Å². The second-order valence-corrected chi connectivity index (χ2v) is 11.4. The van der Waals surface area contributed by atoms with Gasteiger partial charge in [0.2, 0.25) is 0 Å². The van der Waals surface area contributed by atoms with Gasteiger partial charge in [0, 0.05) is 54.9 Å². The van der Waals surface area contributed by atoms with Crippen LogP contribution < -0.4 is 10.5 Å². The summed E-state index contributed by atoms with van der Waals surface area (Å²) < 4.78 is 12.6. The molecule has 0 radical (unpaired) electrons. The number of carbonyl (C=O) groups excluding carboxylic acids is 1. The number of para-hydroxylation sites is 1. The van der Waals surface area contributed by atoms with Gasteiger partial charge in [-0.1, -0.05) is 31.0 Å². The number of ether oxygens (including phenoxy) is 1. The Bertz CT molecular complexity index is 1730. The zero-order valence-corrected chi connectivity index (χ0v) is 23.6. The quantitative estimate of drug-likeness (QED) is 0.331. The van der Waals surface area contributed by atoms with Crippen molar-refractivity contribution in [2.24, 2.45) is 5.73 Å². The SMILES string of the molecule is COc1cc(C(=O)N2CCC[C@@H](N)C2)cc2nc3n(c12)Cc1ccn(n1)CCCCCCn1c-3cc2ccccc21. The molecule has 0 spiro atoms. The molecule has 2 bridgehead atoms. The normalized spacial score (nSPS) is 18.2. The highest BCUT2D eigenvalue weighted by atomic mass is 16.5. The summed E-state index contributed by atoms with van der Waals surface area (Å²) in [4.78, 5) is 20.7. The van der Waals surface area contributed by atoms with E-state index in [0.717, 1.165) is 80.0 Å². The predicted molar refractivity (Wildman–Crippen MR) is 160 cm³/mol. The van der Waals surface area contributed by atoms with Gasteiger partial charge in [0.1, 0.15) is 11.3 Å². The zero-order valence-electron chi connectivity index (χ0n) is 23.6. The summed E-state index contributed by atoms with van der Waals surface area (Å²) in [6.45, 7) is 3.68. The number of aromatic nitrogens is 5. The summed E-state index contributed by atoms with van der Waals surface area (Å²) in [5, 5.41) is 6.09. The lowest BCUT2D eigenvalue weighted by Gasteiger charge is -2.30. The fraction of sp³-hybridized carbons (Fsp3) is 0.406. The number of rotatable bonds is 2. The topological polar surface area (TPSA) is 96.1 Å². The molecule has 0 saturated carbocycles. The molecular formula is C32H37N7O2. The lowest BCUT2D eigenvalue weighted by Crippen LogP contribution is -2.45. The van der Waals surface area contributed by atoms with Gasteiger partial charge in [-0.25, -0.2) is 4.98 Å². The summed E-state index contributed by atoms with van der Waals surface area (Å²) >= 11 is 0. The molecule has 9 heteroatoms. The molecule has 0 aliphatic carbocycles. The van der Waals surface area contributed by atoms with Crippen LogP contribution >= 0.6 is 0 Å². The summed E-state index contributed by atoms with van der Waals surface area (Å²) in [5.41, 5.74) is 11.6. The standard InChI is InChI=1S/C32H37N7O2/c1-41-29-19-23(32(40)36-13-8-10-24(33)20-36)17-26-30(29)39-21-25-12-16-37(35-25)14-6-2-3-7-15-38-27-11-5-4-9-22(27)18-28(38)31(39)34-26/h4-5,9,11-12,16-19,24H,2-3,6-8,10,13-15,20-21,33H2,1H3/t24-/m1/s1. The van der Waals surface area contributed by atoms with Gasteiger partial charge in [0.15, 0.2) is 5.82 Å². The van der Waals surface area contributed by atoms with E-state index in [1.165, 1.54) is 17.3 Å². The molecule has 3 aromatic heterocycles.